The van der Waals surface area contributed by atoms with Crippen LogP contribution in [0.25, 0.3) is 33.3 Å². The van der Waals surface area contributed by atoms with Crippen LogP contribution in [0.15, 0.2) is 103 Å². The summed E-state index contributed by atoms with van der Waals surface area (Å²) in [7, 11) is 0. The second-order valence-electron chi connectivity index (χ2n) is 7.74. The molecule has 0 bridgehead atoms. The van der Waals surface area contributed by atoms with Crippen LogP contribution in [0.3, 0.4) is 0 Å². The normalized spacial score (nSPS) is 10.9. The number of aryl methyl sites for hydroxylation is 1. The van der Waals surface area contributed by atoms with Crippen LogP contribution < -0.4 is 10.3 Å². The van der Waals surface area contributed by atoms with Gasteiger partial charge in [-0.1, -0.05) is 90.5 Å². The van der Waals surface area contributed by atoms with Crippen molar-refractivity contribution >= 4 is 16.7 Å². The molecule has 3 aromatic carbocycles. The maximum Gasteiger partial charge on any atom is 0.282 e. The van der Waals surface area contributed by atoms with E-state index in [1.807, 2.05) is 24.4 Å². The number of nitrogens with one attached hydrogen (secondary N) is 2. The van der Waals surface area contributed by atoms with Gasteiger partial charge in [0, 0.05) is 17.2 Å². The van der Waals surface area contributed by atoms with Crippen molar-refractivity contribution in [1.29, 1.82) is 0 Å². The summed E-state index contributed by atoms with van der Waals surface area (Å²) in [5, 5.41) is 4.63. The molecule has 31 heavy (non-hydrogen) atoms. The second kappa shape index (κ2) is 8.41. The fraction of sp³-hybridized carbons (Fsp3) is 0.0714. The van der Waals surface area contributed by atoms with E-state index in [1.54, 1.807) is 0 Å². The summed E-state index contributed by atoms with van der Waals surface area (Å²) < 4.78 is 0. The highest BCUT2D eigenvalue weighted by Gasteiger charge is 2.16. The van der Waals surface area contributed by atoms with Gasteiger partial charge >= 0.3 is 0 Å². The van der Waals surface area contributed by atoms with Crippen LogP contribution in [0.4, 0.5) is 5.82 Å². The van der Waals surface area contributed by atoms with Crippen molar-refractivity contribution in [1.82, 2.24) is 4.98 Å². The molecule has 150 valence electrons. The van der Waals surface area contributed by atoms with E-state index in [9.17, 15) is 0 Å². The number of rotatable bonds is 5. The van der Waals surface area contributed by atoms with Crippen LogP contribution >= 0.6 is 0 Å². The Labute approximate surface area is 182 Å². The van der Waals surface area contributed by atoms with Gasteiger partial charge in [-0.2, -0.15) is 0 Å². The van der Waals surface area contributed by atoms with Gasteiger partial charge in [0.2, 0.25) is 0 Å². The molecule has 0 aliphatic heterocycles. The molecule has 0 unspecified atom stereocenters. The summed E-state index contributed by atoms with van der Waals surface area (Å²) in [5.41, 5.74) is 7.85. The number of aromatic amines is 1. The number of pyridine rings is 2. The SMILES string of the molecule is Cc1ccc(-c2nc3cc[nH+]c(NCc4ccccc4)c3cc2-c2ccccc2)cc1. The van der Waals surface area contributed by atoms with Gasteiger partial charge in [-0.3, -0.25) is 5.32 Å². The molecule has 0 fully saturated rings. The second-order valence-corrected chi connectivity index (χ2v) is 7.74. The van der Waals surface area contributed by atoms with Crippen molar-refractivity contribution in [2.45, 2.75) is 13.5 Å². The Bertz CT molecular complexity index is 1310. The van der Waals surface area contributed by atoms with E-state index >= 15 is 0 Å². The maximum absolute atomic E-state index is 5.11. The first kappa shape index (κ1) is 19.0. The number of fused-ring (bicyclic) bond motifs is 1. The van der Waals surface area contributed by atoms with E-state index in [0.717, 1.165) is 45.6 Å². The lowest BCUT2D eigenvalue weighted by Gasteiger charge is -2.12. The standard InChI is InChI=1S/C28H23N3/c1-20-12-14-23(15-13-20)27-24(22-10-6-3-7-11-22)18-25-26(31-27)16-17-29-28(25)30-19-21-8-4-2-5-9-21/h2-18H,19H2,1H3,(H,29,30)/p+1. The van der Waals surface area contributed by atoms with Gasteiger partial charge in [0.25, 0.3) is 5.82 Å². The minimum absolute atomic E-state index is 0.747. The third-order valence-electron chi connectivity index (χ3n) is 5.51. The van der Waals surface area contributed by atoms with E-state index in [1.165, 1.54) is 11.1 Å². The lowest BCUT2D eigenvalue weighted by Crippen LogP contribution is -2.13. The minimum Gasteiger partial charge on any atom is -0.270 e. The molecule has 2 N–H and O–H groups in total. The van der Waals surface area contributed by atoms with Crippen LogP contribution in [-0.2, 0) is 6.54 Å². The third-order valence-corrected chi connectivity index (χ3v) is 5.51. The first-order chi connectivity index (χ1) is 15.3. The zero-order valence-corrected chi connectivity index (χ0v) is 17.5. The number of benzene rings is 3. The van der Waals surface area contributed by atoms with Gasteiger partial charge in [-0.05, 0) is 24.1 Å². The molecule has 0 amide bonds. The molecular formula is C28H24N3+. The Hall–Kier alpha value is -3.98. The van der Waals surface area contributed by atoms with Gasteiger partial charge < -0.3 is 0 Å². The quantitative estimate of drug-likeness (QED) is 0.374. The van der Waals surface area contributed by atoms with Crippen molar-refractivity contribution < 1.29 is 4.98 Å². The molecule has 5 aromatic rings. The fourth-order valence-electron chi connectivity index (χ4n) is 3.84. The highest BCUT2D eigenvalue weighted by Crippen LogP contribution is 2.34. The molecule has 0 radical (unpaired) electrons. The van der Waals surface area contributed by atoms with Gasteiger partial charge in [-0.25, -0.2) is 9.97 Å². The predicted octanol–water partition coefficient (Wildman–Crippen LogP) is 6.30. The number of nitrogens with zero attached hydrogens (tertiary/aromatic N) is 1. The summed E-state index contributed by atoms with van der Waals surface area (Å²) in [6, 6.07) is 33.8. The van der Waals surface area contributed by atoms with E-state index < -0.39 is 0 Å². The first-order valence-electron chi connectivity index (χ1n) is 10.5. The van der Waals surface area contributed by atoms with E-state index in [0.29, 0.717) is 0 Å². The number of anilines is 1. The molecule has 0 aliphatic carbocycles. The maximum atomic E-state index is 5.11. The molecule has 3 heteroatoms. The Kier molecular flexibility index (Phi) is 5.16. The monoisotopic (exact) mass is 402 g/mol. The van der Waals surface area contributed by atoms with Gasteiger partial charge in [-0.15, -0.1) is 0 Å². The third kappa shape index (κ3) is 4.03. The molecule has 0 spiro atoms. The van der Waals surface area contributed by atoms with Gasteiger partial charge in [0.15, 0.2) is 0 Å². The molecular weight excluding hydrogens is 378 g/mol. The van der Waals surface area contributed by atoms with Gasteiger partial charge in [0.05, 0.1) is 22.8 Å². The molecule has 3 nitrogen and oxygen atoms in total. The molecule has 0 saturated carbocycles. The predicted molar refractivity (Wildman–Crippen MR) is 128 cm³/mol. The van der Waals surface area contributed by atoms with Crippen LogP contribution in [0, 0.1) is 6.92 Å². The lowest BCUT2D eigenvalue weighted by molar-refractivity contribution is -0.359. The summed E-state index contributed by atoms with van der Waals surface area (Å²) in [6.07, 6.45) is 1.95. The van der Waals surface area contributed by atoms with E-state index in [2.05, 4.69) is 96.1 Å². The number of aromatic nitrogens is 2. The smallest absolute Gasteiger partial charge is 0.270 e. The summed E-state index contributed by atoms with van der Waals surface area (Å²) in [5.74, 6) is 0.974. The topological polar surface area (TPSA) is 39.1 Å². The molecule has 0 saturated heterocycles. The zero-order chi connectivity index (χ0) is 21.0. The Morgan fingerprint density at radius 1 is 0.774 bits per heavy atom. The highest BCUT2D eigenvalue weighted by molar-refractivity contribution is 5.95. The van der Waals surface area contributed by atoms with Crippen LogP contribution in [0.2, 0.25) is 0 Å². The number of hydrogen-bond donors (Lipinski definition) is 1. The molecule has 0 aliphatic rings. The van der Waals surface area contributed by atoms with Crippen LogP contribution in [-0.4, -0.2) is 4.98 Å². The van der Waals surface area contributed by atoms with Gasteiger partial charge in [0.1, 0.15) is 6.54 Å². The van der Waals surface area contributed by atoms with Crippen molar-refractivity contribution in [2.75, 3.05) is 5.32 Å². The van der Waals surface area contributed by atoms with E-state index in [-0.39, 0.29) is 0 Å². The fourth-order valence-corrected chi connectivity index (χ4v) is 3.84. The molecule has 2 heterocycles. The van der Waals surface area contributed by atoms with Crippen molar-refractivity contribution in [2.24, 2.45) is 0 Å². The van der Waals surface area contributed by atoms with Crippen molar-refractivity contribution in [3.05, 3.63) is 114 Å². The van der Waals surface area contributed by atoms with Crippen molar-refractivity contribution in [3.8, 4) is 22.4 Å². The molecule has 0 atom stereocenters. The number of H-pyrrole nitrogens is 1. The average Bonchev–Trinajstić information content (AvgIpc) is 2.83. The summed E-state index contributed by atoms with van der Waals surface area (Å²) in [4.78, 5) is 8.48. The first-order valence-corrected chi connectivity index (χ1v) is 10.5. The lowest BCUT2D eigenvalue weighted by atomic mass is 9.97. The summed E-state index contributed by atoms with van der Waals surface area (Å²) in [6.45, 7) is 2.85. The number of hydrogen-bond acceptors (Lipinski definition) is 2. The molecule has 2 aromatic heterocycles. The van der Waals surface area contributed by atoms with Crippen LogP contribution in [0.1, 0.15) is 11.1 Å². The Morgan fingerprint density at radius 2 is 1.48 bits per heavy atom. The average molecular weight is 403 g/mol. The summed E-state index contributed by atoms with van der Waals surface area (Å²) >= 11 is 0. The van der Waals surface area contributed by atoms with E-state index in [4.69, 9.17) is 4.98 Å². The minimum atomic E-state index is 0.747. The van der Waals surface area contributed by atoms with Crippen LogP contribution in [0.5, 0.6) is 0 Å². The Balaban J connectivity index is 1.64. The highest BCUT2D eigenvalue weighted by atomic mass is 15.0. The van der Waals surface area contributed by atoms with Crippen molar-refractivity contribution in [3.63, 3.8) is 0 Å². The largest absolute Gasteiger partial charge is 0.282 e. The zero-order valence-electron chi connectivity index (χ0n) is 17.5. The Morgan fingerprint density at radius 3 is 2.23 bits per heavy atom. The molecule has 5 rings (SSSR count).